The first kappa shape index (κ1) is 36.2. The summed E-state index contributed by atoms with van der Waals surface area (Å²) in [6, 6.07) is 0.589. The van der Waals surface area contributed by atoms with Crippen LogP contribution in [-0.2, 0) is 0 Å². The lowest BCUT2D eigenvalue weighted by atomic mass is 9.96. The molecule has 39 heavy (non-hydrogen) atoms. The lowest BCUT2D eigenvalue weighted by Crippen LogP contribution is -2.12. The van der Waals surface area contributed by atoms with Crippen molar-refractivity contribution >= 4 is 0 Å². The predicted molar refractivity (Wildman–Crippen MR) is 176 cm³/mol. The molecule has 0 N–H and O–H groups in total. The third kappa shape index (κ3) is 19.8. The van der Waals surface area contributed by atoms with Crippen molar-refractivity contribution in [3.8, 4) is 0 Å². The molecule has 1 heterocycles. The zero-order valence-electron chi connectivity index (χ0n) is 27.5. The molecular formula is C37H72N2. The molecule has 0 radical (unpaired) electrons. The van der Waals surface area contributed by atoms with E-state index in [2.05, 4.69) is 44.7 Å². The number of unbranched alkanes of at least 4 members (excludes halogenated alkanes) is 23. The first-order chi connectivity index (χ1) is 19.2. The summed E-state index contributed by atoms with van der Waals surface area (Å²) in [5.74, 6) is 2.00. The Balaban J connectivity index is 2.07. The molecule has 0 spiro atoms. The summed E-state index contributed by atoms with van der Waals surface area (Å²) < 4.78 is 2.52. The Hall–Kier alpha value is -0.790. The summed E-state index contributed by atoms with van der Waals surface area (Å²) in [5, 5.41) is 0. The van der Waals surface area contributed by atoms with Crippen LogP contribution in [0, 0.1) is 0 Å². The van der Waals surface area contributed by atoms with Gasteiger partial charge in [-0.05, 0) is 26.2 Å². The molecule has 2 nitrogen and oxygen atoms in total. The highest BCUT2D eigenvalue weighted by Gasteiger charge is 2.18. The summed E-state index contributed by atoms with van der Waals surface area (Å²) in [5.41, 5.74) is 0. The van der Waals surface area contributed by atoms with Crippen molar-refractivity contribution in [2.75, 3.05) is 0 Å². The molecule has 1 rings (SSSR count). The second-order valence-corrected chi connectivity index (χ2v) is 12.9. The quantitative estimate of drug-likeness (QED) is 0.0880. The second kappa shape index (κ2) is 27.4. The van der Waals surface area contributed by atoms with Crippen LogP contribution in [-0.4, -0.2) is 9.55 Å². The van der Waals surface area contributed by atoms with Crippen LogP contribution in [0.4, 0.5) is 0 Å². The van der Waals surface area contributed by atoms with E-state index >= 15 is 0 Å². The van der Waals surface area contributed by atoms with Gasteiger partial charge in [-0.15, -0.1) is 0 Å². The minimum absolute atomic E-state index is 0.589. The van der Waals surface area contributed by atoms with Crippen molar-refractivity contribution < 1.29 is 0 Å². The van der Waals surface area contributed by atoms with Gasteiger partial charge in [0.05, 0.1) is 0 Å². The molecule has 0 aliphatic rings. The molecule has 2 unspecified atom stereocenters. The van der Waals surface area contributed by atoms with Crippen LogP contribution >= 0.6 is 0 Å². The van der Waals surface area contributed by atoms with Crippen LogP contribution in [0.15, 0.2) is 12.4 Å². The van der Waals surface area contributed by atoms with Gasteiger partial charge in [0.2, 0.25) is 0 Å². The van der Waals surface area contributed by atoms with Crippen molar-refractivity contribution in [1.29, 1.82) is 0 Å². The number of rotatable bonds is 30. The SMILES string of the molecule is CCCCCCCCCCCCCCCCCC(C)n1ccnc1C(CC)CCCCCCCCCCCC. The van der Waals surface area contributed by atoms with Gasteiger partial charge in [-0.1, -0.05) is 181 Å². The molecule has 1 aromatic rings. The summed E-state index contributed by atoms with van der Waals surface area (Å²) in [6.07, 6.45) is 44.0. The largest absolute Gasteiger partial charge is 0.332 e. The van der Waals surface area contributed by atoms with E-state index in [9.17, 15) is 0 Å². The Labute approximate surface area is 246 Å². The Bertz CT molecular complexity index is 606. The average Bonchev–Trinajstić information content (AvgIpc) is 3.44. The van der Waals surface area contributed by atoms with Gasteiger partial charge in [0.15, 0.2) is 0 Å². The van der Waals surface area contributed by atoms with Crippen LogP contribution in [0.5, 0.6) is 0 Å². The summed E-state index contributed by atoms with van der Waals surface area (Å²) in [6.45, 7) is 9.39. The fourth-order valence-corrected chi connectivity index (χ4v) is 6.36. The summed E-state index contributed by atoms with van der Waals surface area (Å²) in [7, 11) is 0. The van der Waals surface area contributed by atoms with Gasteiger partial charge >= 0.3 is 0 Å². The Morgan fingerprint density at radius 2 is 0.872 bits per heavy atom. The van der Waals surface area contributed by atoms with Crippen molar-refractivity contribution in [3.63, 3.8) is 0 Å². The molecule has 0 bridgehead atoms. The monoisotopic (exact) mass is 545 g/mol. The minimum Gasteiger partial charge on any atom is -0.332 e. The average molecular weight is 545 g/mol. The van der Waals surface area contributed by atoms with Gasteiger partial charge in [0.25, 0.3) is 0 Å². The van der Waals surface area contributed by atoms with Crippen LogP contribution in [0.1, 0.15) is 225 Å². The smallest absolute Gasteiger partial charge is 0.111 e. The maximum atomic E-state index is 4.86. The highest BCUT2D eigenvalue weighted by molar-refractivity contribution is 5.02. The first-order valence-electron chi connectivity index (χ1n) is 18.3. The van der Waals surface area contributed by atoms with Crippen molar-refractivity contribution in [2.45, 2.75) is 219 Å². The van der Waals surface area contributed by atoms with E-state index < -0.39 is 0 Å². The topological polar surface area (TPSA) is 17.8 Å². The van der Waals surface area contributed by atoms with Gasteiger partial charge in [0.1, 0.15) is 5.82 Å². The number of aromatic nitrogens is 2. The number of hydrogen-bond acceptors (Lipinski definition) is 1. The molecule has 0 saturated carbocycles. The highest BCUT2D eigenvalue weighted by atomic mass is 15.1. The van der Waals surface area contributed by atoms with E-state index in [0.717, 1.165) is 0 Å². The van der Waals surface area contributed by atoms with E-state index in [-0.39, 0.29) is 0 Å². The van der Waals surface area contributed by atoms with Crippen molar-refractivity contribution in [2.24, 2.45) is 0 Å². The predicted octanol–water partition coefficient (Wildman–Crippen LogP) is 13.5. The molecule has 2 heteroatoms. The fraction of sp³-hybridized carbons (Fsp3) is 0.919. The zero-order chi connectivity index (χ0) is 28.2. The van der Waals surface area contributed by atoms with Gasteiger partial charge in [-0.25, -0.2) is 4.98 Å². The van der Waals surface area contributed by atoms with Gasteiger partial charge in [0, 0.05) is 24.4 Å². The Morgan fingerprint density at radius 1 is 0.513 bits per heavy atom. The van der Waals surface area contributed by atoms with E-state index in [0.29, 0.717) is 12.0 Å². The van der Waals surface area contributed by atoms with Crippen LogP contribution in [0.25, 0.3) is 0 Å². The standard InChI is InChI=1S/C37H72N2/c1-5-8-10-12-14-16-18-19-20-21-22-23-25-27-29-31-35(4)39-34-33-38-37(39)36(7-3)32-30-28-26-24-17-15-13-11-9-6-2/h33-36H,5-32H2,1-4H3. The van der Waals surface area contributed by atoms with Crippen LogP contribution in [0.2, 0.25) is 0 Å². The van der Waals surface area contributed by atoms with E-state index in [1.807, 2.05) is 0 Å². The zero-order valence-corrected chi connectivity index (χ0v) is 27.5. The van der Waals surface area contributed by atoms with Crippen LogP contribution in [0.3, 0.4) is 0 Å². The lowest BCUT2D eigenvalue weighted by molar-refractivity contribution is 0.425. The lowest BCUT2D eigenvalue weighted by Gasteiger charge is -2.21. The van der Waals surface area contributed by atoms with Gasteiger partial charge < -0.3 is 4.57 Å². The minimum atomic E-state index is 0.589. The molecule has 0 saturated heterocycles. The van der Waals surface area contributed by atoms with Gasteiger partial charge in [-0.3, -0.25) is 0 Å². The third-order valence-electron chi connectivity index (χ3n) is 9.16. The molecule has 2 atom stereocenters. The molecule has 0 aromatic carbocycles. The number of hydrogen-bond donors (Lipinski definition) is 0. The molecule has 0 fully saturated rings. The normalized spacial score (nSPS) is 13.2. The highest BCUT2D eigenvalue weighted by Crippen LogP contribution is 2.28. The summed E-state index contributed by atoms with van der Waals surface area (Å²) in [4.78, 5) is 4.86. The van der Waals surface area contributed by atoms with E-state index in [1.165, 1.54) is 186 Å². The Morgan fingerprint density at radius 3 is 1.26 bits per heavy atom. The molecular weight excluding hydrogens is 472 g/mol. The maximum absolute atomic E-state index is 4.86. The van der Waals surface area contributed by atoms with Crippen LogP contribution < -0.4 is 0 Å². The number of imidazole rings is 1. The molecule has 0 aliphatic carbocycles. The third-order valence-corrected chi connectivity index (χ3v) is 9.16. The first-order valence-corrected chi connectivity index (χ1v) is 18.3. The van der Waals surface area contributed by atoms with E-state index in [1.54, 1.807) is 0 Å². The van der Waals surface area contributed by atoms with Crippen molar-refractivity contribution in [3.05, 3.63) is 18.2 Å². The number of nitrogens with zero attached hydrogens (tertiary/aromatic N) is 2. The molecule has 0 aliphatic heterocycles. The summed E-state index contributed by atoms with van der Waals surface area (Å²) >= 11 is 0. The molecule has 230 valence electrons. The van der Waals surface area contributed by atoms with Crippen molar-refractivity contribution in [1.82, 2.24) is 9.55 Å². The van der Waals surface area contributed by atoms with Gasteiger partial charge in [-0.2, -0.15) is 0 Å². The molecule has 1 aromatic heterocycles. The Kier molecular flexibility index (Phi) is 25.4. The molecule has 0 amide bonds. The second-order valence-electron chi connectivity index (χ2n) is 12.9. The fourth-order valence-electron chi connectivity index (χ4n) is 6.36. The maximum Gasteiger partial charge on any atom is 0.111 e. The van der Waals surface area contributed by atoms with E-state index in [4.69, 9.17) is 4.98 Å².